The van der Waals surface area contributed by atoms with E-state index in [9.17, 15) is 4.79 Å². The number of benzene rings is 1. The number of anilines is 1. The molecule has 92 valence electrons. The van der Waals surface area contributed by atoms with Crippen molar-refractivity contribution in [1.29, 1.82) is 0 Å². The Labute approximate surface area is 111 Å². The van der Waals surface area contributed by atoms with Crippen LogP contribution in [-0.2, 0) is 10.2 Å². The molecule has 0 saturated carbocycles. The Hall–Kier alpha value is -0.830. The van der Waals surface area contributed by atoms with Gasteiger partial charge in [0.25, 0.3) is 0 Å². The molecule has 1 aromatic carbocycles. The molecule has 0 spiro atoms. The maximum absolute atomic E-state index is 12.3. The third-order valence-electron chi connectivity index (χ3n) is 3.74. The van der Waals surface area contributed by atoms with Gasteiger partial charge < -0.3 is 5.32 Å². The zero-order valence-corrected chi connectivity index (χ0v) is 11.9. The van der Waals surface area contributed by atoms with Crippen molar-refractivity contribution in [2.75, 3.05) is 5.32 Å². The van der Waals surface area contributed by atoms with Crippen molar-refractivity contribution in [3.8, 4) is 0 Å². The van der Waals surface area contributed by atoms with Crippen LogP contribution in [-0.4, -0.2) is 5.91 Å². The predicted octanol–water partition coefficient (Wildman–Crippen LogP) is 4.24. The van der Waals surface area contributed by atoms with Gasteiger partial charge in [-0.15, -0.1) is 0 Å². The molecule has 1 heterocycles. The third kappa shape index (κ3) is 2.01. The number of hydrogen-bond acceptors (Lipinski definition) is 1. The van der Waals surface area contributed by atoms with E-state index < -0.39 is 0 Å². The summed E-state index contributed by atoms with van der Waals surface area (Å²) < 4.78 is 1.04. The molecule has 1 aromatic rings. The van der Waals surface area contributed by atoms with Gasteiger partial charge in [-0.05, 0) is 36.6 Å². The van der Waals surface area contributed by atoms with Crippen LogP contribution in [0.3, 0.4) is 0 Å². The van der Waals surface area contributed by atoms with Gasteiger partial charge in [-0.2, -0.15) is 0 Å². The van der Waals surface area contributed by atoms with Crippen molar-refractivity contribution in [3.63, 3.8) is 0 Å². The molecule has 2 nitrogen and oxygen atoms in total. The molecule has 1 amide bonds. The average Bonchev–Trinajstić information content (AvgIpc) is 2.59. The molecule has 0 fully saturated rings. The van der Waals surface area contributed by atoms with Crippen LogP contribution >= 0.6 is 15.9 Å². The van der Waals surface area contributed by atoms with Crippen LogP contribution in [0.25, 0.3) is 0 Å². The van der Waals surface area contributed by atoms with Crippen molar-refractivity contribution in [3.05, 3.63) is 28.2 Å². The molecule has 1 unspecified atom stereocenters. The fourth-order valence-corrected chi connectivity index (χ4v) is 3.00. The number of amides is 1. The van der Waals surface area contributed by atoms with E-state index in [0.717, 1.165) is 41.4 Å². The number of carbonyl (C=O) groups is 1. The van der Waals surface area contributed by atoms with Crippen molar-refractivity contribution in [1.82, 2.24) is 0 Å². The normalized spacial score (nSPS) is 22.4. The standard InChI is InChI=1S/C14H18BrNO/c1-3-5-8-14(4-2)11-9-10(15)6-7-12(11)16-13(14)17/h6-7,9H,3-5,8H2,1-2H3,(H,16,17). The van der Waals surface area contributed by atoms with Crippen LogP contribution in [0, 0.1) is 0 Å². The minimum Gasteiger partial charge on any atom is -0.325 e. The third-order valence-corrected chi connectivity index (χ3v) is 4.23. The summed E-state index contributed by atoms with van der Waals surface area (Å²) in [7, 11) is 0. The Balaban J connectivity index is 2.46. The number of rotatable bonds is 4. The molecular formula is C14H18BrNO. The topological polar surface area (TPSA) is 29.1 Å². The van der Waals surface area contributed by atoms with Gasteiger partial charge in [0.2, 0.25) is 5.91 Å². The largest absolute Gasteiger partial charge is 0.325 e. The average molecular weight is 296 g/mol. The van der Waals surface area contributed by atoms with Crippen LogP contribution in [0.1, 0.15) is 45.1 Å². The highest BCUT2D eigenvalue weighted by Crippen LogP contribution is 2.44. The molecule has 1 atom stereocenters. The first kappa shape index (κ1) is 12.6. The molecule has 0 aromatic heterocycles. The lowest BCUT2D eigenvalue weighted by molar-refractivity contribution is -0.121. The number of unbranched alkanes of at least 4 members (excludes halogenated alkanes) is 1. The summed E-state index contributed by atoms with van der Waals surface area (Å²) in [4.78, 5) is 12.3. The smallest absolute Gasteiger partial charge is 0.235 e. The number of carbonyl (C=O) groups excluding carboxylic acids is 1. The van der Waals surface area contributed by atoms with Crippen molar-refractivity contribution < 1.29 is 4.79 Å². The summed E-state index contributed by atoms with van der Waals surface area (Å²) in [5.41, 5.74) is 1.83. The maximum Gasteiger partial charge on any atom is 0.235 e. The van der Waals surface area contributed by atoms with Crippen molar-refractivity contribution in [2.24, 2.45) is 0 Å². The first-order chi connectivity index (χ1) is 8.14. The van der Waals surface area contributed by atoms with E-state index in [0.29, 0.717) is 0 Å². The van der Waals surface area contributed by atoms with E-state index in [1.807, 2.05) is 12.1 Å². The van der Waals surface area contributed by atoms with Gasteiger partial charge in [0.15, 0.2) is 0 Å². The summed E-state index contributed by atoms with van der Waals surface area (Å²) in [6.45, 7) is 4.27. The van der Waals surface area contributed by atoms with Gasteiger partial charge >= 0.3 is 0 Å². The van der Waals surface area contributed by atoms with E-state index in [2.05, 4.69) is 41.2 Å². The number of nitrogens with one attached hydrogen (secondary N) is 1. The van der Waals surface area contributed by atoms with E-state index in [1.165, 1.54) is 0 Å². The van der Waals surface area contributed by atoms with Crippen molar-refractivity contribution in [2.45, 2.75) is 44.9 Å². The molecule has 3 heteroatoms. The lowest BCUT2D eigenvalue weighted by atomic mass is 9.75. The van der Waals surface area contributed by atoms with Crippen molar-refractivity contribution >= 4 is 27.5 Å². The molecule has 0 bridgehead atoms. The summed E-state index contributed by atoms with van der Waals surface area (Å²) in [5.74, 6) is 0.168. The molecule has 1 aliphatic rings. The van der Waals surface area contributed by atoms with Gasteiger partial charge in [-0.3, -0.25) is 4.79 Å². The predicted molar refractivity (Wildman–Crippen MR) is 74.3 cm³/mol. The highest BCUT2D eigenvalue weighted by atomic mass is 79.9. The second-order valence-electron chi connectivity index (χ2n) is 4.68. The summed E-state index contributed by atoms with van der Waals surface area (Å²) in [5, 5.41) is 3.02. The van der Waals surface area contributed by atoms with Crippen LogP contribution in [0.4, 0.5) is 5.69 Å². The molecule has 17 heavy (non-hydrogen) atoms. The van der Waals surface area contributed by atoms with E-state index >= 15 is 0 Å². The molecule has 0 radical (unpaired) electrons. The summed E-state index contributed by atoms with van der Waals surface area (Å²) in [6.07, 6.45) is 4.02. The number of hydrogen-bond donors (Lipinski definition) is 1. The van der Waals surface area contributed by atoms with E-state index in [4.69, 9.17) is 0 Å². The maximum atomic E-state index is 12.3. The molecule has 1 aliphatic heterocycles. The fourth-order valence-electron chi connectivity index (χ4n) is 2.64. The zero-order chi connectivity index (χ0) is 12.5. The molecule has 0 saturated heterocycles. The van der Waals surface area contributed by atoms with Gasteiger partial charge in [-0.1, -0.05) is 42.6 Å². The monoisotopic (exact) mass is 295 g/mol. The Morgan fingerprint density at radius 1 is 1.35 bits per heavy atom. The van der Waals surface area contributed by atoms with Crippen LogP contribution in [0.15, 0.2) is 22.7 Å². The quantitative estimate of drug-likeness (QED) is 0.884. The molecular weight excluding hydrogens is 278 g/mol. The zero-order valence-electron chi connectivity index (χ0n) is 10.3. The highest BCUT2D eigenvalue weighted by molar-refractivity contribution is 9.10. The summed E-state index contributed by atoms with van der Waals surface area (Å²) >= 11 is 3.49. The fraction of sp³-hybridized carbons (Fsp3) is 0.500. The molecule has 1 N–H and O–H groups in total. The highest BCUT2D eigenvalue weighted by Gasteiger charge is 2.44. The SMILES string of the molecule is CCCCC1(CC)C(=O)Nc2ccc(Br)cc21. The molecule has 2 rings (SSSR count). The minimum absolute atomic E-state index is 0.168. The summed E-state index contributed by atoms with van der Waals surface area (Å²) in [6, 6.07) is 6.05. The second-order valence-corrected chi connectivity index (χ2v) is 5.60. The van der Waals surface area contributed by atoms with Gasteiger partial charge in [-0.25, -0.2) is 0 Å². The Bertz CT molecular complexity index is 444. The number of halogens is 1. The van der Waals surface area contributed by atoms with Gasteiger partial charge in [0.05, 0.1) is 5.41 Å². The number of fused-ring (bicyclic) bond motifs is 1. The Morgan fingerprint density at radius 3 is 2.76 bits per heavy atom. The van der Waals surface area contributed by atoms with Crippen LogP contribution in [0.2, 0.25) is 0 Å². The molecule has 0 aliphatic carbocycles. The Kier molecular flexibility index (Phi) is 3.57. The van der Waals surface area contributed by atoms with Gasteiger partial charge in [0, 0.05) is 10.2 Å². The van der Waals surface area contributed by atoms with E-state index in [1.54, 1.807) is 0 Å². The Morgan fingerprint density at radius 2 is 2.12 bits per heavy atom. The van der Waals surface area contributed by atoms with Gasteiger partial charge in [0.1, 0.15) is 0 Å². The van der Waals surface area contributed by atoms with E-state index in [-0.39, 0.29) is 11.3 Å². The first-order valence-corrected chi connectivity index (χ1v) is 7.05. The van der Waals surface area contributed by atoms with Crippen LogP contribution < -0.4 is 5.32 Å². The first-order valence-electron chi connectivity index (χ1n) is 6.25. The lowest BCUT2D eigenvalue weighted by Gasteiger charge is -2.25. The van der Waals surface area contributed by atoms with Crippen LogP contribution in [0.5, 0.6) is 0 Å². The minimum atomic E-state index is -0.310. The lowest BCUT2D eigenvalue weighted by Crippen LogP contribution is -2.33. The second kappa shape index (κ2) is 4.81.